The van der Waals surface area contributed by atoms with E-state index in [1.807, 2.05) is 29.2 Å². The van der Waals surface area contributed by atoms with Crippen LogP contribution in [0.1, 0.15) is 22.5 Å². The molecule has 0 bridgehead atoms. The zero-order valence-electron chi connectivity index (χ0n) is 9.80. The highest BCUT2D eigenvalue weighted by Crippen LogP contribution is 2.21. The van der Waals surface area contributed by atoms with E-state index in [9.17, 15) is 4.79 Å². The molecule has 6 heteroatoms. The Labute approximate surface area is 118 Å². The second-order valence-corrected chi connectivity index (χ2v) is 6.33. The van der Waals surface area contributed by atoms with Gasteiger partial charge in [-0.25, -0.2) is 4.98 Å². The van der Waals surface area contributed by atoms with E-state index in [-0.39, 0.29) is 5.91 Å². The Hall–Kier alpha value is -1.14. The predicted molar refractivity (Wildman–Crippen MR) is 75.8 cm³/mol. The van der Waals surface area contributed by atoms with Gasteiger partial charge in [0.05, 0.1) is 15.0 Å². The average molecular weight is 328 g/mol. The number of carbonyl (C=O) groups excluding carboxylic acids is 1. The lowest BCUT2D eigenvalue weighted by Crippen LogP contribution is -2.23. The molecule has 1 amide bonds. The van der Waals surface area contributed by atoms with Crippen molar-refractivity contribution in [2.24, 2.45) is 0 Å². The Bertz CT molecular complexity index is 495. The number of thiophene rings is 1. The normalized spacial score (nSPS) is 10.5. The molecule has 0 saturated carbocycles. The van der Waals surface area contributed by atoms with Crippen LogP contribution in [-0.4, -0.2) is 22.0 Å². The molecular formula is C12H14BrN3OS. The molecule has 0 saturated heterocycles. The molecule has 0 atom stereocenters. The Balaban J connectivity index is 1.62. The van der Waals surface area contributed by atoms with E-state index in [4.69, 9.17) is 0 Å². The van der Waals surface area contributed by atoms with E-state index in [0.29, 0.717) is 6.54 Å². The number of hydrogen-bond donors (Lipinski definition) is 1. The lowest BCUT2D eigenvalue weighted by Gasteiger charge is -2.04. The molecule has 4 nitrogen and oxygen atoms in total. The zero-order valence-corrected chi connectivity index (χ0v) is 12.2. The number of unbranched alkanes of at least 4 members (excludes halogenated alkanes) is 1. The quantitative estimate of drug-likeness (QED) is 0.829. The van der Waals surface area contributed by atoms with Crippen molar-refractivity contribution in [1.29, 1.82) is 0 Å². The summed E-state index contributed by atoms with van der Waals surface area (Å²) in [7, 11) is 0. The van der Waals surface area contributed by atoms with E-state index < -0.39 is 0 Å². The summed E-state index contributed by atoms with van der Waals surface area (Å²) in [6, 6.07) is 3.72. The van der Waals surface area contributed by atoms with Crippen molar-refractivity contribution in [3.63, 3.8) is 0 Å². The number of imidazole rings is 1. The van der Waals surface area contributed by atoms with Crippen molar-refractivity contribution >= 4 is 33.2 Å². The zero-order chi connectivity index (χ0) is 12.8. The summed E-state index contributed by atoms with van der Waals surface area (Å²) in [5.74, 6) is 0.00771. The molecule has 96 valence electrons. The van der Waals surface area contributed by atoms with Gasteiger partial charge in [-0.2, -0.15) is 0 Å². The predicted octanol–water partition coefficient (Wildman–Crippen LogP) is 2.92. The molecule has 18 heavy (non-hydrogen) atoms. The molecule has 0 radical (unpaired) electrons. The first-order valence-electron chi connectivity index (χ1n) is 5.75. The van der Waals surface area contributed by atoms with Gasteiger partial charge in [0.15, 0.2) is 0 Å². The molecule has 0 spiro atoms. The molecule has 1 N–H and O–H groups in total. The highest BCUT2D eigenvalue weighted by atomic mass is 79.9. The molecule has 2 heterocycles. The molecule has 2 rings (SSSR count). The minimum Gasteiger partial charge on any atom is -0.351 e. The summed E-state index contributed by atoms with van der Waals surface area (Å²) in [5.41, 5.74) is 0. The van der Waals surface area contributed by atoms with Gasteiger partial charge >= 0.3 is 0 Å². The van der Waals surface area contributed by atoms with Gasteiger partial charge in [-0.1, -0.05) is 0 Å². The van der Waals surface area contributed by atoms with Crippen molar-refractivity contribution in [3.05, 3.63) is 39.5 Å². The highest BCUT2D eigenvalue weighted by Gasteiger charge is 2.06. The molecule has 0 aromatic carbocycles. The summed E-state index contributed by atoms with van der Waals surface area (Å²) in [5, 5.41) is 2.92. The van der Waals surface area contributed by atoms with Gasteiger partial charge in [-0.05, 0) is 40.9 Å². The lowest BCUT2D eigenvalue weighted by atomic mass is 10.3. The fourth-order valence-electron chi connectivity index (χ4n) is 1.56. The Morgan fingerprint density at radius 3 is 3.00 bits per heavy atom. The summed E-state index contributed by atoms with van der Waals surface area (Å²) < 4.78 is 3.02. The third kappa shape index (κ3) is 3.96. The van der Waals surface area contributed by atoms with Crippen LogP contribution in [0.25, 0.3) is 0 Å². The maximum Gasteiger partial charge on any atom is 0.261 e. The van der Waals surface area contributed by atoms with Crippen LogP contribution >= 0.6 is 27.3 Å². The minimum atomic E-state index is 0.00771. The lowest BCUT2D eigenvalue weighted by molar-refractivity contribution is 0.0957. The topological polar surface area (TPSA) is 46.9 Å². The molecule has 0 aliphatic carbocycles. The van der Waals surface area contributed by atoms with E-state index in [2.05, 4.69) is 26.2 Å². The summed E-state index contributed by atoms with van der Waals surface area (Å²) in [6.45, 7) is 1.66. The van der Waals surface area contributed by atoms with E-state index in [1.165, 1.54) is 11.3 Å². The monoisotopic (exact) mass is 327 g/mol. The number of hydrogen-bond acceptors (Lipinski definition) is 3. The first-order chi connectivity index (χ1) is 8.75. The molecular weight excluding hydrogens is 314 g/mol. The van der Waals surface area contributed by atoms with Crippen molar-refractivity contribution in [1.82, 2.24) is 14.9 Å². The van der Waals surface area contributed by atoms with Gasteiger partial charge in [-0.3, -0.25) is 4.79 Å². The number of amides is 1. The second-order valence-electron chi connectivity index (χ2n) is 3.87. The maximum absolute atomic E-state index is 11.7. The van der Waals surface area contributed by atoms with Crippen LogP contribution < -0.4 is 5.32 Å². The number of nitrogens with zero attached hydrogens (tertiary/aromatic N) is 2. The van der Waals surface area contributed by atoms with Gasteiger partial charge in [-0.15, -0.1) is 11.3 Å². The molecule has 0 aliphatic heterocycles. The van der Waals surface area contributed by atoms with Crippen LogP contribution in [0.4, 0.5) is 0 Å². The van der Waals surface area contributed by atoms with E-state index in [0.717, 1.165) is 28.0 Å². The van der Waals surface area contributed by atoms with Crippen molar-refractivity contribution in [2.75, 3.05) is 6.54 Å². The summed E-state index contributed by atoms with van der Waals surface area (Å²) >= 11 is 4.80. The van der Waals surface area contributed by atoms with Crippen LogP contribution in [0.5, 0.6) is 0 Å². The Morgan fingerprint density at radius 1 is 1.44 bits per heavy atom. The Kier molecular flexibility index (Phi) is 4.95. The van der Waals surface area contributed by atoms with Crippen LogP contribution in [0.15, 0.2) is 34.6 Å². The number of rotatable bonds is 6. The largest absolute Gasteiger partial charge is 0.351 e. The standard InChI is InChI=1S/C12H14BrN3OS/c13-11-4-3-10(18-11)12(17)15-5-1-2-7-16-8-6-14-9-16/h3-4,6,8-9H,1-2,5,7H2,(H,15,17). The smallest absolute Gasteiger partial charge is 0.261 e. The average Bonchev–Trinajstić information content (AvgIpc) is 2.99. The molecule has 0 aliphatic rings. The van der Waals surface area contributed by atoms with E-state index in [1.54, 1.807) is 6.20 Å². The second kappa shape index (κ2) is 6.70. The fraction of sp³-hybridized carbons (Fsp3) is 0.333. The van der Waals surface area contributed by atoms with Gasteiger partial charge in [0.25, 0.3) is 5.91 Å². The van der Waals surface area contributed by atoms with Gasteiger partial charge < -0.3 is 9.88 Å². The van der Waals surface area contributed by atoms with Crippen LogP contribution in [0.2, 0.25) is 0 Å². The first-order valence-corrected chi connectivity index (χ1v) is 7.36. The number of halogens is 1. The van der Waals surface area contributed by atoms with Gasteiger partial charge in [0.2, 0.25) is 0 Å². The van der Waals surface area contributed by atoms with Crippen molar-refractivity contribution < 1.29 is 4.79 Å². The first kappa shape index (κ1) is 13.3. The van der Waals surface area contributed by atoms with Gasteiger partial charge in [0.1, 0.15) is 0 Å². The SMILES string of the molecule is O=C(NCCCCn1ccnc1)c1ccc(Br)s1. The van der Waals surface area contributed by atoms with Crippen LogP contribution in [0.3, 0.4) is 0 Å². The van der Waals surface area contributed by atoms with Crippen molar-refractivity contribution in [3.8, 4) is 0 Å². The molecule has 0 unspecified atom stereocenters. The Morgan fingerprint density at radius 2 is 2.33 bits per heavy atom. The third-order valence-corrected chi connectivity index (χ3v) is 4.11. The number of nitrogens with one attached hydrogen (secondary N) is 1. The number of aromatic nitrogens is 2. The summed E-state index contributed by atoms with van der Waals surface area (Å²) in [6.07, 6.45) is 7.53. The molecule has 2 aromatic heterocycles. The van der Waals surface area contributed by atoms with Crippen LogP contribution in [0, 0.1) is 0 Å². The number of aryl methyl sites for hydroxylation is 1. The third-order valence-electron chi connectivity index (χ3n) is 2.48. The molecule has 2 aromatic rings. The maximum atomic E-state index is 11.7. The van der Waals surface area contributed by atoms with Crippen LogP contribution in [-0.2, 0) is 6.54 Å². The molecule has 0 fully saturated rings. The highest BCUT2D eigenvalue weighted by molar-refractivity contribution is 9.11. The van der Waals surface area contributed by atoms with Crippen molar-refractivity contribution in [2.45, 2.75) is 19.4 Å². The summed E-state index contributed by atoms with van der Waals surface area (Å²) in [4.78, 5) is 16.4. The fourth-order valence-corrected chi connectivity index (χ4v) is 2.87. The number of carbonyl (C=O) groups is 1. The minimum absolute atomic E-state index is 0.00771. The van der Waals surface area contributed by atoms with Gasteiger partial charge in [0, 0.05) is 25.5 Å². The van der Waals surface area contributed by atoms with E-state index >= 15 is 0 Å².